The van der Waals surface area contributed by atoms with Crippen LogP contribution < -0.4 is 0 Å². The Labute approximate surface area is 170 Å². The second-order valence-corrected chi connectivity index (χ2v) is 11.1. The molecule has 0 radical (unpaired) electrons. The van der Waals surface area contributed by atoms with Crippen molar-refractivity contribution in [2.24, 2.45) is 0 Å². The van der Waals surface area contributed by atoms with Crippen molar-refractivity contribution >= 4 is 0 Å². The van der Waals surface area contributed by atoms with Gasteiger partial charge in [-0.3, -0.25) is 0 Å². The first-order chi connectivity index (χ1) is 12.3. The summed E-state index contributed by atoms with van der Waals surface area (Å²) in [6.07, 6.45) is 2.41. The van der Waals surface area contributed by atoms with Crippen molar-refractivity contribution in [2.75, 3.05) is 40.3 Å². The van der Waals surface area contributed by atoms with E-state index in [-0.39, 0.29) is 17.0 Å². The van der Waals surface area contributed by atoms with Crippen molar-refractivity contribution in [3.63, 3.8) is 0 Å². The monoisotopic (exact) mass is 382 g/mol. The molecule has 0 amide bonds. The van der Waals surface area contributed by atoms with E-state index in [1.165, 1.54) is 32.5 Å². The highest BCUT2D eigenvalue weighted by Gasteiger charge is 2.83. The molecule has 2 saturated heterocycles. The summed E-state index contributed by atoms with van der Waals surface area (Å²) in [7, 11) is 5.11. The molecule has 2 fully saturated rings. The molecule has 0 bridgehead atoms. The Kier molecular flexibility index (Phi) is 5.97. The fourth-order valence-electron chi connectivity index (χ4n) is 7.00. The second-order valence-electron chi connectivity index (χ2n) is 11.1. The molecule has 2 heterocycles. The van der Waals surface area contributed by atoms with Gasteiger partial charge in [0.1, 0.15) is 12.1 Å². The van der Waals surface area contributed by atoms with Crippen LogP contribution in [0, 0.1) is 0 Å². The van der Waals surface area contributed by atoms with Crippen molar-refractivity contribution in [3.8, 4) is 0 Å². The molecule has 4 heteroatoms. The third-order valence-corrected chi connectivity index (χ3v) is 8.86. The molecule has 2 aliphatic heterocycles. The van der Waals surface area contributed by atoms with Crippen LogP contribution in [0.2, 0.25) is 0 Å². The number of hydrogen-bond donors (Lipinski definition) is 0. The molecule has 0 aromatic rings. The average molecular weight is 383 g/mol. The quantitative estimate of drug-likeness (QED) is 0.631. The van der Waals surface area contributed by atoms with Gasteiger partial charge in [0.05, 0.1) is 39.3 Å². The topological polar surface area (TPSA) is 6.48 Å². The van der Waals surface area contributed by atoms with Crippen LogP contribution >= 0.6 is 0 Å². The number of likely N-dealkylation sites (N-methyl/N-ethyl adjacent to an activating group) is 2. The predicted molar refractivity (Wildman–Crippen MR) is 117 cm³/mol. The lowest BCUT2D eigenvalue weighted by atomic mass is 9.99. The summed E-state index contributed by atoms with van der Waals surface area (Å²) in [6, 6.07) is 1.15. The van der Waals surface area contributed by atoms with Gasteiger partial charge in [0.25, 0.3) is 0 Å². The zero-order chi connectivity index (χ0) is 21.1. The molecule has 2 rings (SSSR count). The Hall–Kier alpha value is -0.160. The van der Waals surface area contributed by atoms with Crippen molar-refractivity contribution in [1.29, 1.82) is 0 Å². The van der Waals surface area contributed by atoms with Crippen LogP contribution in [-0.4, -0.2) is 88.1 Å². The molecule has 0 saturated carbocycles. The van der Waals surface area contributed by atoms with E-state index < -0.39 is 0 Å². The highest BCUT2D eigenvalue weighted by molar-refractivity contribution is 5.03. The number of quaternary nitrogens is 2. The zero-order valence-electron chi connectivity index (χ0n) is 20.7. The van der Waals surface area contributed by atoms with Gasteiger partial charge in [-0.1, -0.05) is 13.8 Å². The van der Waals surface area contributed by atoms with Crippen LogP contribution in [0.15, 0.2) is 0 Å². The minimum atomic E-state index is -0.0125. The predicted octanol–water partition coefficient (Wildman–Crippen LogP) is 4.32. The molecule has 5 atom stereocenters. The van der Waals surface area contributed by atoms with E-state index in [0.29, 0.717) is 12.1 Å². The first-order valence-electron chi connectivity index (χ1n) is 11.5. The molecule has 0 aromatic heterocycles. The van der Waals surface area contributed by atoms with Crippen molar-refractivity contribution < 1.29 is 8.97 Å². The molecule has 3 unspecified atom stereocenters. The summed E-state index contributed by atoms with van der Waals surface area (Å²) in [5.41, 5.74) is 0.403. The van der Waals surface area contributed by atoms with Crippen LogP contribution in [0.5, 0.6) is 0 Å². The molecule has 0 aromatic carbocycles. The maximum atomic E-state index is 2.97. The van der Waals surface area contributed by atoms with Crippen LogP contribution in [0.4, 0.5) is 0 Å². The van der Waals surface area contributed by atoms with Gasteiger partial charge in [-0.05, 0) is 68.2 Å². The molecule has 0 N–H and O–H groups in total. The van der Waals surface area contributed by atoms with Gasteiger partial charge < -0.3 is 0 Å². The van der Waals surface area contributed by atoms with E-state index in [2.05, 4.69) is 93.1 Å². The van der Waals surface area contributed by atoms with Crippen LogP contribution in [0.1, 0.15) is 82.1 Å². The number of hydrogen-bond acceptors (Lipinski definition) is 2. The van der Waals surface area contributed by atoms with Crippen molar-refractivity contribution in [3.05, 3.63) is 0 Å². The molecule has 27 heavy (non-hydrogen) atoms. The van der Waals surface area contributed by atoms with E-state index >= 15 is 0 Å². The largest absolute Gasteiger partial charge is 0.357 e. The lowest BCUT2D eigenvalue weighted by Crippen LogP contribution is -2.85. The van der Waals surface area contributed by atoms with Crippen LogP contribution in [0.3, 0.4) is 0 Å². The summed E-state index contributed by atoms with van der Waals surface area (Å²) in [6.45, 7) is 29.2. The van der Waals surface area contributed by atoms with E-state index in [4.69, 9.17) is 0 Å². The van der Waals surface area contributed by atoms with Crippen molar-refractivity contribution in [2.45, 2.75) is 111 Å². The van der Waals surface area contributed by atoms with Crippen LogP contribution in [-0.2, 0) is 0 Å². The molecular formula is C23H50N4+2. The highest BCUT2D eigenvalue weighted by atomic mass is 15.9. The second kappa shape index (κ2) is 6.97. The average Bonchev–Trinajstić information content (AvgIpc) is 2.91. The Morgan fingerprint density at radius 3 is 1.78 bits per heavy atom. The summed E-state index contributed by atoms with van der Waals surface area (Å²) in [5, 5.41) is 0. The smallest absolute Gasteiger partial charge is 0.243 e. The number of nitrogens with zero attached hydrogens (tertiary/aromatic N) is 4. The van der Waals surface area contributed by atoms with E-state index in [1.54, 1.807) is 0 Å². The molecule has 0 aliphatic carbocycles. The van der Waals surface area contributed by atoms with Gasteiger partial charge in [0.2, 0.25) is 0 Å². The molecule has 4 nitrogen and oxygen atoms in total. The summed E-state index contributed by atoms with van der Waals surface area (Å²) >= 11 is 0. The van der Waals surface area contributed by atoms with E-state index in [1.807, 2.05) is 0 Å². The minimum Gasteiger partial charge on any atom is -0.243 e. The lowest BCUT2D eigenvalue weighted by Gasteiger charge is -2.60. The minimum absolute atomic E-state index is 0.0125. The lowest BCUT2D eigenvalue weighted by molar-refractivity contribution is -1.17. The third-order valence-electron chi connectivity index (χ3n) is 8.86. The van der Waals surface area contributed by atoms with Crippen LogP contribution in [0.25, 0.3) is 0 Å². The Morgan fingerprint density at radius 2 is 1.37 bits per heavy atom. The van der Waals surface area contributed by atoms with Gasteiger partial charge >= 0.3 is 5.91 Å². The standard InChI is InChI=1S/C23H50N4/c1-13-19(5)24-17-22(9,10)27(12,16-4)23(24)25(20(6)14-2)21(7,8)18-26(23,11)15-3/h19-20H,13-18H2,1-12H3/q+2/t19?,20?,23?,26-,27+/m0/s1. The molecular weight excluding hydrogens is 332 g/mol. The van der Waals surface area contributed by atoms with Gasteiger partial charge in [0, 0.05) is 12.1 Å². The van der Waals surface area contributed by atoms with E-state index in [0.717, 1.165) is 15.5 Å². The summed E-state index contributed by atoms with van der Waals surface area (Å²) in [5.74, 6) is -0.0125. The summed E-state index contributed by atoms with van der Waals surface area (Å²) in [4.78, 5) is 5.90. The maximum absolute atomic E-state index is 2.97. The third kappa shape index (κ3) is 2.69. The van der Waals surface area contributed by atoms with Crippen molar-refractivity contribution in [1.82, 2.24) is 9.80 Å². The highest BCUT2D eigenvalue weighted by Crippen LogP contribution is 2.58. The first kappa shape index (κ1) is 23.1. The Balaban J connectivity index is 2.94. The SMILES string of the molecule is CCC(C)N1CC(C)(C)[N@@+](C)(CC)C12N(C(C)CC)C(C)(C)C[N@+]2(C)CC. The Morgan fingerprint density at radius 1 is 0.852 bits per heavy atom. The fraction of sp³-hybridized carbons (Fsp3) is 1.00. The van der Waals surface area contributed by atoms with E-state index in [9.17, 15) is 0 Å². The summed E-state index contributed by atoms with van der Waals surface area (Å²) < 4.78 is 2.21. The molecule has 1 spiro atoms. The maximum Gasteiger partial charge on any atom is 0.357 e. The van der Waals surface area contributed by atoms with Gasteiger partial charge in [-0.2, -0.15) is 9.80 Å². The Bertz CT molecular complexity index is 544. The fourth-order valence-corrected chi connectivity index (χ4v) is 7.00. The first-order valence-corrected chi connectivity index (χ1v) is 11.5. The zero-order valence-corrected chi connectivity index (χ0v) is 20.7. The van der Waals surface area contributed by atoms with Gasteiger partial charge in [0.15, 0.2) is 0 Å². The normalized spacial score (nSPS) is 41.3. The van der Waals surface area contributed by atoms with Gasteiger partial charge in [-0.25, -0.2) is 8.97 Å². The molecule has 160 valence electrons. The molecule has 2 aliphatic rings. The number of rotatable bonds is 6. The van der Waals surface area contributed by atoms with Gasteiger partial charge in [-0.15, -0.1) is 0 Å².